The number of nitrogens with zero attached hydrogens (tertiary/aromatic N) is 1. The van der Waals surface area contributed by atoms with Crippen LogP contribution in [0, 0.1) is 17.5 Å². The second-order valence-electron chi connectivity index (χ2n) is 7.02. The molecule has 0 spiro atoms. The largest absolute Gasteiger partial charge is 0.393 e. The van der Waals surface area contributed by atoms with E-state index >= 15 is 0 Å². The Kier molecular flexibility index (Phi) is 6.87. The number of hydrogen-bond donors (Lipinski definition) is 3. The van der Waals surface area contributed by atoms with E-state index in [2.05, 4.69) is 15.6 Å². The van der Waals surface area contributed by atoms with E-state index in [0.29, 0.717) is 25.7 Å². The van der Waals surface area contributed by atoms with Gasteiger partial charge in [0, 0.05) is 18.2 Å². The van der Waals surface area contributed by atoms with Crippen LogP contribution in [-0.4, -0.2) is 29.1 Å². The van der Waals surface area contributed by atoms with Crippen LogP contribution in [0.25, 0.3) is 0 Å². The van der Waals surface area contributed by atoms with E-state index in [1.165, 1.54) is 18.2 Å². The van der Waals surface area contributed by atoms with Crippen molar-refractivity contribution in [2.24, 2.45) is 4.99 Å². The summed E-state index contributed by atoms with van der Waals surface area (Å²) in [6.45, 7) is 0.284. The topological polar surface area (TPSA) is 73.7 Å². The Labute approximate surface area is 166 Å². The molecule has 154 valence electrons. The zero-order chi connectivity index (χ0) is 20.8. The highest BCUT2D eigenvalue weighted by atomic mass is 19.2. The summed E-state index contributed by atoms with van der Waals surface area (Å²) in [6, 6.07) is 8.72. The van der Waals surface area contributed by atoms with Crippen molar-refractivity contribution in [3.8, 4) is 0 Å². The van der Waals surface area contributed by atoms with E-state index in [0.717, 1.165) is 17.7 Å². The van der Waals surface area contributed by atoms with Crippen LogP contribution in [0.5, 0.6) is 0 Å². The summed E-state index contributed by atoms with van der Waals surface area (Å²) in [5.74, 6) is -3.06. The lowest BCUT2D eigenvalue weighted by Gasteiger charge is -2.27. The van der Waals surface area contributed by atoms with E-state index < -0.39 is 17.5 Å². The van der Waals surface area contributed by atoms with Gasteiger partial charge in [-0.15, -0.1) is 0 Å². The van der Waals surface area contributed by atoms with Gasteiger partial charge in [0.15, 0.2) is 17.6 Å². The molecule has 2 aromatic rings. The van der Waals surface area contributed by atoms with Gasteiger partial charge in [0.25, 0.3) is 5.91 Å². The molecular weight excluding hydrogens is 383 g/mol. The van der Waals surface area contributed by atoms with Gasteiger partial charge in [-0.2, -0.15) is 4.99 Å². The average molecular weight is 405 g/mol. The number of carbonyl (C=O) groups is 1. The molecule has 0 radical (unpaired) electrons. The fourth-order valence-electron chi connectivity index (χ4n) is 3.12. The second kappa shape index (κ2) is 9.56. The van der Waals surface area contributed by atoms with E-state index in [-0.39, 0.29) is 36.0 Å². The van der Waals surface area contributed by atoms with Crippen molar-refractivity contribution in [1.29, 1.82) is 0 Å². The Balaban J connectivity index is 1.74. The van der Waals surface area contributed by atoms with Crippen LogP contribution in [0.3, 0.4) is 0 Å². The van der Waals surface area contributed by atoms with Crippen LogP contribution in [0.1, 0.15) is 41.6 Å². The first-order valence-corrected chi connectivity index (χ1v) is 9.41. The van der Waals surface area contributed by atoms with E-state index in [4.69, 9.17) is 0 Å². The van der Waals surface area contributed by atoms with Crippen LogP contribution in [0.15, 0.2) is 47.5 Å². The standard InChI is InChI=1S/C21H22F3N3O2/c22-15-4-1-13(2-5-15)12-25-21(26-16-6-8-17(28)9-7-16)27-20(29)14-3-10-18(23)19(24)11-14/h1-5,10-11,16-17,28H,6-9,12H2,(H2,25,26,27,29)/t16-,17-. The molecule has 1 aliphatic rings. The number of aliphatic hydroxyl groups is 1. The van der Waals surface area contributed by atoms with Gasteiger partial charge in [-0.1, -0.05) is 12.1 Å². The molecule has 2 aromatic carbocycles. The van der Waals surface area contributed by atoms with Gasteiger partial charge in [0.1, 0.15) is 5.82 Å². The fourth-order valence-corrected chi connectivity index (χ4v) is 3.12. The first-order valence-electron chi connectivity index (χ1n) is 9.41. The minimum absolute atomic E-state index is 0.00983. The van der Waals surface area contributed by atoms with Crippen molar-refractivity contribution in [3.63, 3.8) is 0 Å². The summed E-state index contributed by atoms with van der Waals surface area (Å²) >= 11 is 0. The lowest BCUT2D eigenvalue weighted by molar-refractivity contribution is 0.1000. The number of hydrogen-bond acceptors (Lipinski definition) is 2. The van der Waals surface area contributed by atoms with Crippen molar-refractivity contribution >= 4 is 11.9 Å². The monoisotopic (exact) mass is 405 g/mol. The van der Waals surface area contributed by atoms with Gasteiger partial charge in [-0.3, -0.25) is 4.79 Å². The average Bonchev–Trinajstić information content (AvgIpc) is 2.71. The van der Waals surface area contributed by atoms with Crippen LogP contribution in [-0.2, 0) is 6.54 Å². The first-order chi connectivity index (χ1) is 13.9. The summed E-state index contributed by atoms with van der Waals surface area (Å²) in [7, 11) is 0. The highest BCUT2D eigenvalue weighted by Crippen LogP contribution is 2.18. The predicted molar refractivity (Wildman–Crippen MR) is 103 cm³/mol. The third-order valence-electron chi connectivity index (χ3n) is 4.79. The van der Waals surface area contributed by atoms with Gasteiger partial charge >= 0.3 is 0 Å². The van der Waals surface area contributed by atoms with Crippen LogP contribution in [0.4, 0.5) is 13.2 Å². The van der Waals surface area contributed by atoms with Crippen molar-refractivity contribution in [1.82, 2.24) is 10.6 Å². The Hall–Kier alpha value is -2.87. The highest BCUT2D eigenvalue weighted by molar-refractivity contribution is 6.02. The number of rotatable bonds is 4. The molecule has 0 unspecified atom stereocenters. The zero-order valence-corrected chi connectivity index (χ0v) is 15.7. The number of carbonyl (C=O) groups excluding carboxylic acids is 1. The number of aliphatic imine (C=N–C) groups is 1. The van der Waals surface area contributed by atoms with Crippen LogP contribution in [0.2, 0.25) is 0 Å². The molecule has 8 heteroatoms. The Morgan fingerprint density at radius 2 is 1.69 bits per heavy atom. The summed E-state index contributed by atoms with van der Waals surface area (Å²) in [5.41, 5.74) is 0.700. The minimum Gasteiger partial charge on any atom is -0.393 e. The number of benzene rings is 2. The Morgan fingerprint density at radius 3 is 2.34 bits per heavy atom. The molecular formula is C21H22F3N3O2. The first kappa shape index (κ1) is 20.9. The van der Waals surface area contributed by atoms with Gasteiger partial charge in [0.05, 0.1) is 6.10 Å². The van der Waals surface area contributed by atoms with Crippen LogP contribution >= 0.6 is 0 Å². The molecule has 5 nitrogen and oxygen atoms in total. The number of aliphatic hydroxyl groups excluding tert-OH is 1. The lowest BCUT2D eigenvalue weighted by atomic mass is 9.93. The molecule has 1 aliphatic carbocycles. The zero-order valence-electron chi connectivity index (χ0n) is 15.7. The van der Waals surface area contributed by atoms with Crippen molar-refractivity contribution in [2.75, 3.05) is 0 Å². The summed E-state index contributed by atoms with van der Waals surface area (Å²) in [6.07, 6.45) is 2.36. The van der Waals surface area contributed by atoms with Gasteiger partial charge in [-0.05, 0) is 61.6 Å². The number of amides is 1. The van der Waals surface area contributed by atoms with Crippen molar-refractivity contribution in [3.05, 3.63) is 71.0 Å². The van der Waals surface area contributed by atoms with Gasteiger partial charge in [0.2, 0.25) is 0 Å². The molecule has 3 rings (SSSR count). The maximum absolute atomic E-state index is 13.4. The molecule has 0 aromatic heterocycles. The summed E-state index contributed by atoms with van der Waals surface area (Å²) in [4.78, 5) is 16.4. The molecule has 29 heavy (non-hydrogen) atoms. The maximum atomic E-state index is 13.4. The minimum atomic E-state index is -1.12. The molecule has 0 bridgehead atoms. The number of halogens is 3. The Morgan fingerprint density at radius 1 is 1.00 bits per heavy atom. The number of guanidine groups is 1. The molecule has 3 N–H and O–H groups in total. The molecule has 1 amide bonds. The van der Waals surface area contributed by atoms with Gasteiger partial charge in [-0.25, -0.2) is 13.2 Å². The molecule has 1 saturated carbocycles. The maximum Gasteiger partial charge on any atom is 0.280 e. The molecule has 1 fully saturated rings. The summed E-state index contributed by atoms with van der Waals surface area (Å²) in [5, 5.41) is 15.8. The SMILES string of the molecule is O=C(/N=C(/NCc1ccc(F)cc1)N[C@H]1CC[C@H](O)CC1)c1ccc(F)c(F)c1. The Bertz CT molecular complexity index is 879. The molecule has 0 saturated heterocycles. The molecule has 0 aliphatic heterocycles. The lowest BCUT2D eigenvalue weighted by Crippen LogP contribution is -2.45. The van der Waals surface area contributed by atoms with E-state index in [9.17, 15) is 23.1 Å². The van der Waals surface area contributed by atoms with E-state index in [1.54, 1.807) is 12.1 Å². The molecule has 0 atom stereocenters. The molecule has 0 heterocycles. The van der Waals surface area contributed by atoms with Crippen LogP contribution < -0.4 is 10.6 Å². The normalized spacial score (nSPS) is 19.7. The predicted octanol–water partition coefficient (Wildman–Crippen LogP) is 3.28. The summed E-state index contributed by atoms with van der Waals surface area (Å²) < 4.78 is 39.6. The quantitative estimate of drug-likeness (QED) is 0.539. The van der Waals surface area contributed by atoms with Crippen molar-refractivity contribution in [2.45, 2.75) is 44.4 Å². The fraction of sp³-hybridized carbons (Fsp3) is 0.333. The highest BCUT2D eigenvalue weighted by Gasteiger charge is 2.21. The smallest absolute Gasteiger partial charge is 0.280 e. The third-order valence-corrected chi connectivity index (χ3v) is 4.79. The number of nitrogens with one attached hydrogen (secondary N) is 2. The van der Waals surface area contributed by atoms with Crippen molar-refractivity contribution < 1.29 is 23.1 Å². The van der Waals surface area contributed by atoms with E-state index in [1.807, 2.05) is 0 Å². The third kappa shape index (κ3) is 6.05. The second-order valence-corrected chi connectivity index (χ2v) is 7.02. The van der Waals surface area contributed by atoms with Gasteiger partial charge < -0.3 is 15.7 Å².